The summed E-state index contributed by atoms with van der Waals surface area (Å²) in [6.07, 6.45) is 3.06. The molecule has 0 radical (unpaired) electrons. The predicted molar refractivity (Wildman–Crippen MR) is 102 cm³/mol. The van der Waals surface area contributed by atoms with Crippen LogP contribution < -0.4 is 5.32 Å². The van der Waals surface area contributed by atoms with E-state index in [0.29, 0.717) is 18.3 Å². The van der Waals surface area contributed by atoms with Crippen LogP contribution in [0.15, 0.2) is 34.1 Å². The molecule has 2 heterocycles. The number of aliphatic imine (C=N–C) groups is 1. The van der Waals surface area contributed by atoms with Crippen molar-refractivity contribution in [2.45, 2.75) is 26.0 Å². The maximum atomic E-state index is 10.5. The average Bonchev–Trinajstić information content (AvgIpc) is 3.16. The number of rotatable bonds is 6. The highest BCUT2D eigenvalue weighted by Crippen LogP contribution is 2.21. The molecule has 2 aromatic rings. The van der Waals surface area contributed by atoms with Gasteiger partial charge in [-0.3, -0.25) is 4.68 Å². The van der Waals surface area contributed by atoms with Gasteiger partial charge < -0.3 is 19.7 Å². The molecule has 1 unspecified atom stereocenters. The van der Waals surface area contributed by atoms with Crippen LogP contribution >= 0.6 is 24.0 Å². The van der Waals surface area contributed by atoms with Gasteiger partial charge in [0.15, 0.2) is 5.96 Å². The number of nitrogens with zero attached hydrogens (tertiary/aromatic N) is 5. The van der Waals surface area contributed by atoms with Crippen molar-refractivity contribution in [2.24, 2.45) is 12.0 Å². The molecule has 0 aliphatic carbocycles. The van der Waals surface area contributed by atoms with Gasteiger partial charge in [0, 0.05) is 20.6 Å². The van der Waals surface area contributed by atoms with Crippen LogP contribution in [0.2, 0.25) is 0 Å². The molecular formula is C15H25IN6O2. The first kappa shape index (κ1) is 20.4. The van der Waals surface area contributed by atoms with Crippen LogP contribution in [0.25, 0.3) is 0 Å². The summed E-state index contributed by atoms with van der Waals surface area (Å²) in [7, 11) is 3.76. The van der Waals surface area contributed by atoms with Gasteiger partial charge in [-0.2, -0.15) is 5.10 Å². The monoisotopic (exact) mass is 448 g/mol. The molecule has 0 aliphatic rings. The van der Waals surface area contributed by atoms with Crippen molar-refractivity contribution in [1.82, 2.24) is 25.0 Å². The van der Waals surface area contributed by atoms with Crippen LogP contribution in [-0.4, -0.2) is 50.9 Å². The Kier molecular flexibility index (Phi) is 7.67. The molecule has 0 saturated heterocycles. The Balaban J connectivity index is 0.00000288. The minimum absolute atomic E-state index is 0. The van der Waals surface area contributed by atoms with Gasteiger partial charge in [0.2, 0.25) is 0 Å². The molecule has 2 aromatic heterocycles. The number of nitrogens with one attached hydrogen (secondary N) is 1. The first-order chi connectivity index (χ1) is 10.9. The fourth-order valence-corrected chi connectivity index (χ4v) is 2.11. The minimum Gasteiger partial charge on any atom is -0.466 e. The van der Waals surface area contributed by atoms with E-state index < -0.39 is 5.60 Å². The van der Waals surface area contributed by atoms with Crippen molar-refractivity contribution in [1.29, 1.82) is 0 Å². The van der Waals surface area contributed by atoms with E-state index in [1.807, 2.05) is 25.9 Å². The zero-order valence-corrected chi connectivity index (χ0v) is 16.8. The Labute approximate surface area is 159 Å². The van der Waals surface area contributed by atoms with Gasteiger partial charge in [0.25, 0.3) is 0 Å². The zero-order valence-electron chi connectivity index (χ0n) is 14.4. The lowest BCUT2D eigenvalue weighted by Crippen LogP contribution is -2.40. The van der Waals surface area contributed by atoms with Gasteiger partial charge in [-0.1, -0.05) is 0 Å². The second-order valence-electron chi connectivity index (χ2n) is 5.58. The number of guanidine groups is 1. The van der Waals surface area contributed by atoms with Crippen molar-refractivity contribution < 1.29 is 9.52 Å². The van der Waals surface area contributed by atoms with Crippen molar-refractivity contribution in [3.05, 3.63) is 36.3 Å². The summed E-state index contributed by atoms with van der Waals surface area (Å²) in [4.78, 5) is 10.7. The van der Waals surface area contributed by atoms with Crippen molar-refractivity contribution >= 4 is 29.9 Å². The third kappa shape index (κ3) is 5.20. The van der Waals surface area contributed by atoms with Gasteiger partial charge in [-0.25, -0.2) is 9.98 Å². The molecule has 0 amide bonds. The van der Waals surface area contributed by atoms with Gasteiger partial charge in [-0.05, 0) is 26.0 Å². The number of hydrogen-bond acceptors (Lipinski definition) is 5. The van der Waals surface area contributed by atoms with Crippen LogP contribution in [0.4, 0.5) is 0 Å². The Morgan fingerprint density at radius 2 is 2.29 bits per heavy atom. The van der Waals surface area contributed by atoms with E-state index in [1.54, 1.807) is 30.0 Å². The number of aryl methyl sites for hydroxylation is 1. The second-order valence-corrected chi connectivity index (χ2v) is 5.58. The summed E-state index contributed by atoms with van der Waals surface area (Å²) in [5.41, 5.74) is -1.16. The summed E-state index contributed by atoms with van der Waals surface area (Å²) >= 11 is 0. The minimum atomic E-state index is -1.16. The molecule has 1 atom stereocenters. The lowest BCUT2D eigenvalue weighted by molar-refractivity contribution is 0.0435. The molecule has 2 N–H and O–H groups in total. The van der Waals surface area contributed by atoms with E-state index in [-0.39, 0.29) is 30.5 Å². The third-order valence-electron chi connectivity index (χ3n) is 3.47. The predicted octanol–water partition coefficient (Wildman–Crippen LogP) is 1.33. The standard InChI is InChI=1S/C15H24N6O2.HI/c1-5-16-14(20(3)9-13-18-11-19-21(13)4)17-10-15(2,22)12-7-6-8-23-12;/h6-8,11,22H,5,9-10H2,1-4H3,(H,16,17);1H. The van der Waals surface area contributed by atoms with Crippen molar-refractivity contribution in [3.8, 4) is 0 Å². The third-order valence-corrected chi connectivity index (χ3v) is 3.47. The largest absolute Gasteiger partial charge is 0.466 e. The number of aliphatic hydroxyl groups is 1. The van der Waals surface area contributed by atoms with Crippen molar-refractivity contribution in [3.63, 3.8) is 0 Å². The number of halogens is 1. The molecule has 0 aliphatic heterocycles. The smallest absolute Gasteiger partial charge is 0.194 e. The van der Waals surface area contributed by atoms with Crippen LogP contribution in [0.1, 0.15) is 25.4 Å². The summed E-state index contributed by atoms with van der Waals surface area (Å²) in [5.74, 6) is 2.01. The topological polar surface area (TPSA) is 91.7 Å². The van der Waals surface area contributed by atoms with E-state index in [4.69, 9.17) is 4.42 Å². The molecule has 0 spiro atoms. The molecule has 8 nitrogen and oxygen atoms in total. The highest BCUT2D eigenvalue weighted by Gasteiger charge is 2.26. The van der Waals surface area contributed by atoms with Gasteiger partial charge >= 0.3 is 0 Å². The van der Waals surface area contributed by atoms with Crippen molar-refractivity contribution in [2.75, 3.05) is 20.1 Å². The summed E-state index contributed by atoms with van der Waals surface area (Å²) in [6.45, 7) is 5.15. The molecule has 0 aromatic carbocycles. The lowest BCUT2D eigenvalue weighted by Gasteiger charge is -2.24. The summed E-state index contributed by atoms with van der Waals surface area (Å²) in [5, 5.41) is 17.8. The first-order valence-electron chi connectivity index (χ1n) is 7.52. The normalized spacial score (nSPS) is 14.0. The van der Waals surface area contributed by atoms with Gasteiger partial charge in [-0.15, -0.1) is 24.0 Å². The molecule has 0 bridgehead atoms. The highest BCUT2D eigenvalue weighted by molar-refractivity contribution is 14.0. The number of hydrogen-bond donors (Lipinski definition) is 2. The van der Waals surface area contributed by atoms with E-state index in [0.717, 1.165) is 12.4 Å². The van der Waals surface area contributed by atoms with E-state index >= 15 is 0 Å². The fourth-order valence-electron chi connectivity index (χ4n) is 2.11. The molecule has 134 valence electrons. The maximum Gasteiger partial charge on any atom is 0.194 e. The van der Waals surface area contributed by atoms with Crippen LogP contribution in [0.5, 0.6) is 0 Å². The summed E-state index contributed by atoms with van der Waals surface area (Å²) < 4.78 is 7.00. The Bertz CT molecular complexity index is 638. The van der Waals surface area contributed by atoms with Crippen LogP contribution in [-0.2, 0) is 19.2 Å². The lowest BCUT2D eigenvalue weighted by atomic mass is 10.0. The Hall–Kier alpha value is -1.62. The fraction of sp³-hybridized carbons (Fsp3) is 0.533. The number of aromatic nitrogens is 3. The summed E-state index contributed by atoms with van der Waals surface area (Å²) in [6, 6.07) is 3.49. The van der Waals surface area contributed by atoms with E-state index in [9.17, 15) is 5.11 Å². The van der Waals surface area contributed by atoms with E-state index in [2.05, 4.69) is 20.4 Å². The zero-order chi connectivity index (χ0) is 16.9. The molecule has 24 heavy (non-hydrogen) atoms. The van der Waals surface area contributed by atoms with Gasteiger partial charge in [0.1, 0.15) is 23.5 Å². The first-order valence-corrected chi connectivity index (χ1v) is 7.52. The molecule has 9 heteroatoms. The van der Waals surface area contributed by atoms with Gasteiger partial charge in [0.05, 0.1) is 19.4 Å². The molecular weight excluding hydrogens is 423 g/mol. The molecule has 2 rings (SSSR count). The Morgan fingerprint density at radius 1 is 1.54 bits per heavy atom. The van der Waals surface area contributed by atoms with Crippen LogP contribution in [0, 0.1) is 0 Å². The van der Waals surface area contributed by atoms with E-state index in [1.165, 1.54) is 6.33 Å². The maximum absolute atomic E-state index is 10.5. The quantitative estimate of drug-likeness (QED) is 0.394. The Morgan fingerprint density at radius 3 is 2.83 bits per heavy atom. The van der Waals surface area contributed by atoms with Crippen LogP contribution in [0.3, 0.4) is 0 Å². The number of furan rings is 1. The molecule has 0 fully saturated rings. The second kappa shape index (κ2) is 9.02. The molecule has 0 saturated carbocycles. The average molecular weight is 448 g/mol. The SMILES string of the molecule is CCNC(=NCC(C)(O)c1ccco1)N(C)Cc1ncnn1C.I. The highest BCUT2D eigenvalue weighted by atomic mass is 127.